The van der Waals surface area contributed by atoms with Crippen molar-refractivity contribution in [2.45, 2.75) is 38.1 Å². The number of likely N-dealkylation sites (N-methyl/N-ethyl adjacent to an activating group) is 1. The van der Waals surface area contributed by atoms with Crippen LogP contribution < -0.4 is 5.32 Å². The standard InChI is InChI=1S/C23H29N3O5S2/c1-3-25(16-22(28)24-15-20-7-5-13-32-20)23(29)18-9-11-26(12-10-18)33(30,31)21-8-4-6-19(14-21)17(2)27/h4-8,13-14,18H,3,9-12,15-16H2,1-2H3,(H,24,28). The number of nitrogens with one attached hydrogen (secondary N) is 1. The average Bonchev–Trinajstić information content (AvgIpc) is 3.34. The van der Waals surface area contributed by atoms with E-state index in [1.807, 2.05) is 24.4 Å². The van der Waals surface area contributed by atoms with Gasteiger partial charge in [-0.2, -0.15) is 4.31 Å². The Hall–Kier alpha value is -2.56. The summed E-state index contributed by atoms with van der Waals surface area (Å²) in [6.45, 7) is 4.47. The number of benzene rings is 1. The molecule has 1 aromatic carbocycles. The maximum Gasteiger partial charge on any atom is 0.243 e. The van der Waals surface area contributed by atoms with Crippen molar-refractivity contribution in [3.63, 3.8) is 0 Å². The minimum Gasteiger partial charge on any atom is -0.350 e. The second-order valence-corrected chi connectivity index (χ2v) is 10.9. The third kappa shape index (κ3) is 6.27. The van der Waals surface area contributed by atoms with Crippen molar-refractivity contribution in [2.24, 2.45) is 5.92 Å². The van der Waals surface area contributed by atoms with E-state index in [-0.39, 0.29) is 48.0 Å². The van der Waals surface area contributed by atoms with Crippen LogP contribution in [0.4, 0.5) is 0 Å². The third-order valence-electron chi connectivity index (χ3n) is 5.75. The van der Waals surface area contributed by atoms with E-state index in [2.05, 4.69) is 5.32 Å². The molecular formula is C23H29N3O5S2. The lowest BCUT2D eigenvalue weighted by Gasteiger charge is -2.33. The first kappa shape index (κ1) is 25.1. The zero-order valence-corrected chi connectivity index (χ0v) is 20.5. The van der Waals surface area contributed by atoms with Gasteiger partial charge in [0.1, 0.15) is 0 Å². The van der Waals surface area contributed by atoms with Gasteiger partial charge in [-0.25, -0.2) is 8.42 Å². The monoisotopic (exact) mass is 491 g/mol. The molecule has 1 saturated heterocycles. The summed E-state index contributed by atoms with van der Waals surface area (Å²) in [5, 5.41) is 4.77. The minimum atomic E-state index is -3.75. The molecule has 1 aliphatic rings. The minimum absolute atomic E-state index is 0.0168. The number of piperidine rings is 1. The lowest BCUT2D eigenvalue weighted by atomic mass is 9.96. The molecule has 0 saturated carbocycles. The number of carbonyl (C=O) groups excluding carboxylic acids is 3. The number of sulfonamides is 1. The lowest BCUT2D eigenvalue weighted by Crippen LogP contribution is -2.47. The summed E-state index contributed by atoms with van der Waals surface area (Å²) in [5.74, 6) is -0.871. The van der Waals surface area contributed by atoms with E-state index in [0.717, 1.165) is 4.88 Å². The molecule has 0 aliphatic carbocycles. The van der Waals surface area contributed by atoms with Gasteiger partial charge in [0.15, 0.2) is 5.78 Å². The van der Waals surface area contributed by atoms with Crippen molar-refractivity contribution in [1.82, 2.24) is 14.5 Å². The molecule has 2 heterocycles. The van der Waals surface area contributed by atoms with Gasteiger partial charge in [-0.1, -0.05) is 18.2 Å². The Bertz CT molecular complexity index is 1090. The molecule has 2 aromatic rings. The van der Waals surface area contributed by atoms with E-state index >= 15 is 0 Å². The third-order valence-corrected chi connectivity index (χ3v) is 8.52. The number of thiophene rings is 1. The summed E-state index contributed by atoms with van der Waals surface area (Å²) in [4.78, 5) is 39.5. The molecular weight excluding hydrogens is 462 g/mol. The van der Waals surface area contributed by atoms with E-state index in [9.17, 15) is 22.8 Å². The van der Waals surface area contributed by atoms with Crippen molar-refractivity contribution in [2.75, 3.05) is 26.2 Å². The first-order valence-electron chi connectivity index (χ1n) is 10.9. The predicted octanol–water partition coefficient (Wildman–Crippen LogP) is 2.52. The Balaban J connectivity index is 1.56. The van der Waals surface area contributed by atoms with Gasteiger partial charge in [-0.3, -0.25) is 14.4 Å². The average molecular weight is 492 g/mol. The van der Waals surface area contributed by atoms with E-state index in [1.165, 1.54) is 28.3 Å². The molecule has 178 valence electrons. The Morgan fingerprint density at radius 1 is 1.15 bits per heavy atom. The number of nitrogens with zero attached hydrogens (tertiary/aromatic N) is 2. The summed E-state index contributed by atoms with van der Waals surface area (Å²) in [5.41, 5.74) is 0.345. The molecule has 0 unspecified atom stereocenters. The molecule has 1 aromatic heterocycles. The smallest absolute Gasteiger partial charge is 0.243 e. The zero-order valence-electron chi connectivity index (χ0n) is 18.8. The Labute approximate surface area is 198 Å². The summed E-state index contributed by atoms with van der Waals surface area (Å²) in [7, 11) is -3.75. The highest BCUT2D eigenvalue weighted by Gasteiger charge is 2.34. The molecule has 1 fully saturated rings. The predicted molar refractivity (Wildman–Crippen MR) is 126 cm³/mol. The van der Waals surface area contributed by atoms with Gasteiger partial charge < -0.3 is 10.2 Å². The number of carbonyl (C=O) groups is 3. The van der Waals surface area contributed by atoms with Crippen LogP contribution in [-0.2, 0) is 26.2 Å². The Kier molecular flexibility index (Phi) is 8.39. The van der Waals surface area contributed by atoms with Crippen molar-refractivity contribution in [1.29, 1.82) is 0 Å². The van der Waals surface area contributed by atoms with Crippen molar-refractivity contribution in [3.05, 3.63) is 52.2 Å². The van der Waals surface area contributed by atoms with Gasteiger partial charge in [-0.15, -0.1) is 11.3 Å². The van der Waals surface area contributed by atoms with Crippen LogP contribution in [0.2, 0.25) is 0 Å². The van der Waals surface area contributed by atoms with Crippen LogP contribution >= 0.6 is 11.3 Å². The number of ketones is 1. The highest BCUT2D eigenvalue weighted by molar-refractivity contribution is 7.89. The quantitative estimate of drug-likeness (QED) is 0.543. The van der Waals surface area contributed by atoms with Crippen molar-refractivity contribution >= 4 is 39.0 Å². The largest absolute Gasteiger partial charge is 0.350 e. The molecule has 10 heteroatoms. The summed E-state index contributed by atoms with van der Waals surface area (Å²) in [6, 6.07) is 9.87. The number of hydrogen-bond donors (Lipinski definition) is 1. The summed E-state index contributed by atoms with van der Waals surface area (Å²) >= 11 is 1.56. The summed E-state index contributed by atoms with van der Waals surface area (Å²) in [6.07, 6.45) is 0.773. The van der Waals surface area contributed by atoms with E-state index in [1.54, 1.807) is 23.5 Å². The van der Waals surface area contributed by atoms with E-state index in [0.29, 0.717) is 31.5 Å². The van der Waals surface area contributed by atoms with Crippen LogP contribution in [0.3, 0.4) is 0 Å². The fraction of sp³-hybridized carbons (Fsp3) is 0.435. The molecule has 8 nitrogen and oxygen atoms in total. The molecule has 33 heavy (non-hydrogen) atoms. The molecule has 2 amide bonds. The lowest BCUT2D eigenvalue weighted by molar-refractivity contribution is -0.140. The second kappa shape index (κ2) is 11.0. The molecule has 0 spiro atoms. The summed E-state index contributed by atoms with van der Waals surface area (Å²) < 4.78 is 27.4. The van der Waals surface area contributed by atoms with Gasteiger partial charge in [0.05, 0.1) is 18.0 Å². The molecule has 0 bridgehead atoms. The number of Topliss-reactive ketones (excluding diaryl/α,β-unsaturated/α-hetero) is 1. The van der Waals surface area contributed by atoms with Crippen LogP contribution in [0.15, 0.2) is 46.7 Å². The first-order chi connectivity index (χ1) is 15.7. The zero-order chi connectivity index (χ0) is 24.0. The number of rotatable bonds is 9. The van der Waals surface area contributed by atoms with Crippen LogP contribution in [0.5, 0.6) is 0 Å². The van der Waals surface area contributed by atoms with Crippen LogP contribution in [0, 0.1) is 5.92 Å². The van der Waals surface area contributed by atoms with E-state index < -0.39 is 10.0 Å². The molecule has 1 N–H and O–H groups in total. The van der Waals surface area contributed by atoms with Crippen molar-refractivity contribution in [3.8, 4) is 0 Å². The number of amides is 2. The Morgan fingerprint density at radius 2 is 1.88 bits per heavy atom. The van der Waals surface area contributed by atoms with Gasteiger partial charge in [0.2, 0.25) is 21.8 Å². The highest BCUT2D eigenvalue weighted by Crippen LogP contribution is 2.25. The molecule has 1 aliphatic heterocycles. The second-order valence-electron chi connectivity index (χ2n) is 7.97. The maximum absolute atomic E-state index is 13.0. The first-order valence-corrected chi connectivity index (χ1v) is 13.2. The van der Waals surface area contributed by atoms with Gasteiger partial charge in [0, 0.05) is 36.0 Å². The van der Waals surface area contributed by atoms with E-state index in [4.69, 9.17) is 0 Å². The van der Waals surface area contributed by atoms with Gasteiger partial charge in [0.25, 0.3) is 0 Å². The molecule has 0 radical (unpaired) electrons. The van der Waals surface area contributed by atoms with Crippen LogP contribution in [0.1, 0.15) is 41.9 Å². The number of hydrogen-bond acceptors (Lipinski definition) is 6. The van der Waals surface area contributed by atoms with Crippen LogP contribution in [0.25, 0.3) is 0 Å². The Morgan fingerprint density at radius 3 is 2.48 bits per heavy atom. The van der Waals surface area contributed by atoms with Crippen molar-refractivity contribution < 1.29 is 22.8 Å². The van der Waals surface area contributed by atoms with Gasteiger partial charge in [-0.05, 0) is 50.3 Å². The highest BCUT2D eigenvalue weighted by atomic mass is 32.2. The topological polar surface area (TPSA) is 104 Å². The van der Waals surface area contributed by atoms with Crippen LogP contribution in [-0.4, -0.2) is 61.4 Å². The fourth-order valence-corrected chi connectivity index (χ4v) is 5.96. The normalized spacial score (nSPS) is 15.2. The SMILES string of the molecule is CCN(CC(=O)NCc1cccs1)C(=O)C1CCN(S(=O)(=O)c2cccc(C(C)=O)c2)CC1. The molecule has 3 rings (SSSR count). The molecule has 0 atom stereocenters. The maximum atomic E-state index is 13.0. The fourth-order valence-electron chi connectivity index (χ4n) is 3.80. The van der Waals surface area contributed by atoms with Gasteiger partial charge >= 0.3 is 0 Å².